The van der Waals surface area contributed by atoms with Crippen molar-refractivity contribution < 1.29 is 42.1 Å². The van der Waals surface area contributed by atoms with E-state index in [0.717, 1.165) is 57.8 Å². The van der Waals surface area contributed by atoms with E-state index in [0.29, 0.717) is 17.4 Å². The topological polar surface area (TPSA) is 111 Å². The molecule has 0 saturated carbocycles. The van der Waals surface area contributed by atoms with Crippen LogP contribution >= 0.6 is 7.82 Å². The van der Waals surface area contributed by atoms with Gasteiger partial charge in [-0.15, -0.1) is 0 Å². The van der Waals surface area contributed by atoms with Crippen molar-refractivity contribution in [3.05, 3.63) is 24.3 Å². The molecule has 0 heterocycles. The van der Waals surface area contributed by atoms with E-state index in [1.54, 1.807) is 0 Å². The Kier molecular flexibility index (Phi) is 33.3. The minimum Gasteiger partial charge on any atom is -0.756 e. The average molecular weight is 744 g/mol. The number of ether oxygens (including phenoxy) is 2. The molecule has 0 saturated heterocycles. The predicted octanol–water partition coefficient (Wildman–Crippen LogP) is 10.6. The summed E-state index contributed by atoms with van der Waals surface area (Å²) in [5, 5.41) is 0. The molecule has 0 amide bonds. The number of carbonyl (C=O) groups is 2. The van der Waals surface area contributed by atoms with Crippen LogP contribution in [-0.4, -0.2) is 70.0 Å². The first-order chi connectivity index (χ1) is 24.5. The highest BCUT2D eigenvalue weighted by Gasteiger charge is 2.21. The number of hydrogen-bond donors (Lipinski definition) is 0. The molecule has 0 spiro atoms. The smallest absolute Gasteiger partial charge is 0.306 e. The highest BCUT2D eigenvalue weighted by Crippen LogP contribution is 2.38. The third kappa shape index (κ3) is 38.0. The number of phosphoric ester groups is 1. The van der Waals surface area contributed by atoms with Crippen LogP contribution in [0.15, 0.2) is 24.3 Å². The quantitative estimate of drug-likeness (QED) is 0.0203. The molecule has 10 heteroatoms. The molecule has 9 nitrogen and oxygen atoms in total. The number of carbonyl (C=O) groups excluding carboxylic acids is 2. The predicted molar refractivity (Wildman–Crippen MR) is 208 cm³/mol. The molecule has 0 aromatic heterocycles. The van der Waals surface area contributed by atoms with Gasteiger partial charge in [-0.1, -0.05) is 141 Å². The van der Waals surface area contributed by atoms with Crippen molar-refractivity contribution in [1.82, 2.24) is 0 Å². The lowest BCUT2D eigenvalue weighted by molar-refractivity contribution is -0.870. The van der Waals surface area contributed by atoms with E-state index in [1.807, 2.05) is 21.1 Å². The lowest BCUT2D eigenvalue weighted by Gasteiger charge is -2.28. The normalized spacial score (nSPS) is 13.9. The van der Waals surface area contributed by atoms with Crippen molar-refractivity contribution in [3.63, 3.8) is 0 Å². The maximum atomic E-state index is 12.6. The summed E-state index contributed by atoms with van der Waals surface area (Å²) in [4.78, 5) is 37.4. The van der Waals surface area contributed by atoms with Crippen LogP contribution in [-0.2, 0) is 32.7 Å². The third-order valence-electron chi connectivity index (χ3n) is 8.72. The van der Waals surface area contributed by atoms with Crippen molar-refractivity contribution >= 4 is 19.8 Å². The first kappa shape index (κ1) is 49.5. The molecule has 0 radical (unpaired) electrons. The molecule has 2 unspecified atom stereocenters. The molecule has 0 fully saturated rings. The van der Waals surface area contributed by atoms with E-state index in [2.05, 4.69) is 38.2 Å². The highest BCUT2D eigenvalue weighted by molar-refractivity contribution is 7.45. The first-order valence-corrected chi connectivity index (χ1v) is 22.0. The molecule has 0 aliphatic heterocycles. The summed E-state index contributed by atoms with van der Waals surface area (Å²) in [5.74, 6) is -0.848. The molecular formula is C41H78NO8P. The van der Waals surface area contributed by atoms with E-state index < -0.39 is 26.5 Å². The van der Waals surface area contributed by atoms with Crippen molar-refractivity contribution in [2.75, 3.05) is 47.5 Å². The minimum absolute atomic E-state index is 0.0322. The zero-order valence-corrected chi connectivity index (χ0v) is 34.4. The van der Waals surface area contributed by atoms with Crippen LogP contribution in [0.1, 0.15) is 174 Å². The number of esters is 2. The van der Waals surface area contributed by atoms with Gasteiger partial charge in [0, 0.05) is 12.8 Å². The van der Waals surface area contributed by atoms with E-state index in [1.165, 1.54) is 83.5 Å². The van der Waals surface area contributed by atoms with Crippen LogP contribution in [0, 0.1) is 0 Å². The largest absolute Gasteiger partial charge is 0.756 e. The number of allylic oxidation sites excluding steroid dienone is 4. The fourth-order valence-electron chi connectivity index (χ4n) is 5.45. The second kappa shape index (κ2) is 34.3. The van der Waals surface area contributed by atoms with Gasteiger partial charge < -0.3 is 27.9 Å². The van der Waals surface area contributed by atoms with E-state index in [4.69, 9.17) is 18.5 Å². The summed E-state index contributed by atoms with van der Waals surface area (Å²) >= 11 is 0. The Balaban J connectivity index is 4.42. The van der Waals surface area contributed by atoms with Gasteiger partial charge in [0.25, 0.3) is 7.82 Å². The first-order valence-electron chi connectivity index (χ1n) is 20.5. The standard InChI is InChI=1S/C41H78NO8P/c1-6-8-10-12-14-16-18-20-21-22-24-26-28-30-32-34-41(44)50-39(38-49-51(45,46)48-36-35-42(3,4)5)37-47-40(43)33-31-29-27-25-23-19-17-15-13-11-9-7-2/h14,16,20-21,39H,6-13,15,17-19,22-38H2,1-5H3/b16-14-,21-20-. The molecule has 0 bridgehead atoms. The number of likely N-dealkylation sites (N-methyl/N-ethyl adjacent to an activating group) is 1. The SMILES string of the molecule is CCCCC/C=C\C/C=C\CCCCCCCC(=O)OC(COC(=O)CCCCCCCCCCCCCC)COP(=O)([O-])OCC[N+](C)(C)C. The monoisotopic (exact) mass is 744 g/mol. The van der Waals surface area contributed by atoms with Gasteiger partial charge in [-0.3, -0.25) is 14.2 Å². The van der Waals surface area contributed by atoms with Gasteiger partial charge in [-0.2, -0.15) is 0 Å². The molecular weight excluding hydrogens is 665 g/mol. The molecule has 0 aliphatic carbocycles. The van der Waals surface area contributed by atoms with Crippen LogP contribution in [0.2, 0.25) is 0 Å². The van der Waals surface area contributed by atoms with Gasteiger partial charge in [0.15, 0.2) is 6.10 Å². The van der Waals surface area contributed by atoms with Crippen molar-refractivity contribution in [3.8, 4) is 0 Å². The van der Waals surface area contributed by atoms with Crippen LogP contribution < -0.4 is 4.89 Å². The van der Waals surface area contributed by atoms with Gasteiger partial charge in [-0.05, 0) is 44.9 Å². The van der Waals surface area contributed by atoms with Gasteiger partial charge >= 0.3 is 11.9 Å². The maximum Gasteiger partial charge on any atom is 0.306 e. The number of hydrogen-bond acceptors (Lipinski definition) is 8. The maximum absolute atomic E-state index is 12.6. The summed E-state index contributed by atoms with van der Waals surface area (Å²) in [5.41, 5.74) is 0. The lowest BCUT2D eigenvalue weighted by atomic mass is 10.0. The van der Waals surface area contributed by atoms with E-state index in [9.17, 15) is 19.0 Å². The van der Waals surface area contributed by atoms with Crippen molar-refractivity contribution in [1.29, 1.82) is 0 Å². The average Bonchev–Trinajstić information content (AvgIpc) is 3.07. The molecule has 51 heavy (non-hydrogen) atoms. The molecule has 0 aromatic carbocycles. The zero-order valence-electron chi connectivity index (χ0n) is 33.6. The van der Waals surface area contributed by atoms with E-state index >= 15 is 0 Å². The summed E-state index contributed by atoms with van der Waals surface area (Å²) in [6.07, 6.45) is 34.8. The number of unbranched alkanes of at least 4 members (excludes halogenated alkanes) is 19. The summed E-state index contributed by atoms with van der Waals surface area (Å²) in [6, 6.07) is 0. The fraction of sp³-hybridized carbons (Fsp3) is 0.854. The lowest BCUT2D eigenvalue weighted by Crippen LogP contribution is -2.37. The summed E-state index contributed by atoms with van der Waals surface area (Å²) in [7, 11) is 1.16. The second-order valence-corrected chi connectivity index (χ2v) is 16.4. The summed E-state index contributed by atoms with van der Waals surface area (Å²) in [6.45, 7) is 4.18. The van der Waals surface area contributed by atoms with Crippen LogP contribution in [0.5, 0.6) is 0 Å². The Hall–Kier alpha value is -1.51. The van der Waals surface area contributed by atoms with Crippen molar-refractivity contribution in [2.45, 2.75) is 180 Å². The van der Waals surface area contributed by atoms with E-state index in [-0.39, 0.29) is 32.0 Å². The molecule has 0 aromatic rings. The van der Waals surface area contributed by atoms with Gasteiger partial charge in [-0.25, -0.2) is 0 Å². The molecule has 0 rings (SSSR count). The fourth-order valence-corrected chi connectivity index (χ4v) is 6.18. The van der Waals surface area contributed by atoms with Gasteiger partial charge in [0.2, 0.25) is 0 Å². The Morgan fingerprint density at radius 2 is 1.06 bits per heavy atom. The van der Waals surface area contributed by atoms with Gasteiger partial charge in [0.1, 0.15) is 19.8 Å². The number of phosphoric acid groups is 1. The number of rotatable bonds is 37. The van der Waals surface area contributed by atoms with Crippen LogP contribution in [0.3, 0.4) is 0 Å². The van der Waals surface area contributed by atoms with Crippen LogP contribution in [0.4, 0.5) is 0 Å². The zero-order chi connectivity index (χ0) is 37.9. The Labute approximate surface area is 313 Å². The number of nitrogens with zero attached hydrogens (tertiary/aromatic N) is 1. The van der Waals surface area contributed by atoms with Crippen molar-refractivity contribution in [2.24, 2.45) is 0 Å². The number of quaternary nitrogens is 1. The van der Waals surface area contributed by atoms with Crippen LogP contribution in [0.25, 0.3) is 0 Å². The Morgan fingerprint density at radius 1 is 0.608 bits per heavy atom. The molecule has 0 N–H and O–H groups in total. The third-order valence-corrected chi connectivity index (χ3v) is 9.69. The molecule has 300 valence electrons. The summed E-state index contributed by atoms with van der Waals surface area (Å²) < 4.78 is 33.8. The molecule has 2 atom stereocenters. The Bertz CT molecular complexity index is 933. The minimum atomic E-state index is -4.62. The second-order valence-electron chi connectivity index (χ2n) is 15.0. The Morgan fingerprint density at radius 3 is 1.59 bits per heavy atom. The van der Waals surface area contributed by atoms with Gasteiger partial charge in [0.05, 0.1) is 27.7 Å². The highest BCUT2D eigenvalue weighted by atomic mass is 31.2. The molecule has 0 aliphatic rings.